The Labute approximate surface area is 114 Å². The lowest BCUT2D eigenvalue weighted by molar-refractivity contribution is -0.110. The number of aromatic nitrogens is 2. The highest BCUT2D eigenvalue weighted by molar-refractivity contribution is 6.31. The third-order valence-electron chi connectivity index (χ3n) is 3.53. The van der Waals surface area contributed by atoms with Crippen molar-refractivity contribution >= 4 is 11.6 Å². The molecule has 4 nitrogen and oxygen atoms in total. The van der Waals surface area contributed by atoms with Crippen molar-refractivity contribution < 1.29 is 9.84 Å². The second-order valence-corrected chi connectivity index (χ2v) is 5.17. The molecule has 0 saturated heterocycles. The molecule has 0 saturated carbocycles. The van der Waals surface area contributed by atoms with Crippen LogP contribution in [0.1, 0.15) is 38.6 Å². The molecule has 0 aromatic carbocycles. The maximum atomic E-state index is 10.4. The lowest BCUT2D eigenvalue weighted by Crippen LogP contribution is -2.43. The summed E-state index contributed by atoms with van der Waals surface area (Å²) in [4.78, 5) is 0. The van der Waals surface area contributed by atoms with Crippen molar-refractivity contribution in [1.29, 1.82) is 0 Å². The molecule has 18 heavy (non-hydrogen) atoms. The first-order chi connectivity index (χ1) is 8.35. The maximum absolute atomic E-state index is 10.4. The van der Waals surface area contributed by atoms with Crippen LogP contribution in [0, 0.1) is 6.92 Å². The zero-order valence-electron chi connectivity index (χ0n) is 11.8. The number of ether oxygens (including phenoxy) is 1. The Morgan fingerprint density at radius 3 is 2.50 bits per heavy atom. The van der Waals surface area contributed by atoms with Gasteiger partial charge in [-0.05, 0) is 27.2 Å². The first-order valence-electron chi connectivity index (χ1n) is 6.35. The van der Waals surface area contributed by atoms with Crippen molar-refractivity contribution in [3.63, 3.8) is 0 Å². The van der Waals surface area contributed by atoms with Crippen LogP contribution in [0.25, 0.3) is 0 Å². The van der Waals surface area contributed by atoms with Crippen molar-refractivity contribution in [1.82, 2.24) is 9.78 Å². The van der Waals surface area contributed by atoms with Crippen molar-refractivity contribution in [2.75, 3.05) is 6.61 Å². The van der Waals surface area contributed by atoms with Gasteiger partial charge in [-0.2, -0.15) is 5.10 Å². The van der Waals surface area contributed by atoms with Crippen molar-refractivity contribution in [2.24, 2.45) is 7.05 Å². The molecule has 1 aromatic heterocycles. The molecule has 0 bridgehead atoms. The van der Waals surface area contributed by atoms with Gasteiger partial charge in [-0.15, -0.1) is 0 Å². The zero-order valence-corrected chi connectivity index (χ0v) is 12.6. The lowest BCUT2D eigenvalue weighted by atomic mass is 9.92. The number of hydrogen-bond acceptors (Lipinski definition) is 3. The molecular formula is C13H23ClN2O2. The molecule has 1 heterocycles. The second kappa shape index (κ2) is 6.04. The first-order valence-corrected chi connectivity index (χ1v) is 6.73. The number of nitrogens with zero attached hydrogens (tertiary/aromatic N) is 2. The zero-order chi connectivity index (χ0) is 13.9. The summed E-state index contributed by atoms with van der Waals surface area (Å²) in [5.74, 6) is 0. The van der Waals surface area contributed by atoms with E-state index < -0.39 is 11.7 Å². The molecule has 0 spiro atoms. The van der Waals surface area contributed by atoms with Crippen LogP contribution in [0.5, 0.6) is 0 Å². The van der Waals surface area contributed by atoms with E-state index in [-0.39, 0.29) is 0 Å². The molecule has 2 unspecified atom stereocenters. The van der Waals surface area contributed by atoms with E-state index in [1.54, 1.807) is 4.68 Å². The molecule has 0 aliphatic rings. The molecule has 0 fully saturated rings. The minimum atomic E-state index is -0.602. The van der Waals surface area contributed by atoms with Gasteiger partial charge in [0.25, 0.3) is 0 Å². The summed E-state index contributed by atoms with van der Waals surface area (Å²) in [6.07, 6.45) is 0.589. The van der Waals surface area contributed by atoms with Crippen LogP contribution in [-0.4, -0.2) is 33.2 Å². The Hall–Kier alpha value is -0.580. The molecule has 0 amide bonds. The molecule has 0 aliphatic heterocycles. The molecule has 1 N–H and O–H groups in total. The summed E-state index contributed by atoms with van der Waals surface area (Å²) in [5.41, 5.74) is 1.09. The van der Waals surface area contributed by atoms with E-state index in [9.17, 15) is 5.11 Å². The topological polar surface area (TPSA) is 47.3 Å². The van der Waals surface area contributed by atoms with Gasteiger partial charge in [0.15, 0.2) is 0 Å². The van der Waals surface area contributed by atoms with E-state index in [1.807, 2.05) is 34.7 Å². The average Bonchev–Trinajstić information content (AvgIpc) is 2.56. The first kappa shape index (κ1) is 15.5. The Balaban J connectivity index is 2.89. The van der Waals surface area contributed by atoms with Crippen LogP contribution in [0.2, 0.25) is 5.02 Å². The fourth-order valence-electron chi connectivity index (χ4n) is 2.06. The lowest BCUT2D eigenvalue weighted by Gasteiger charge is -2.33. The van der Waals surface area contributed by atoms with Gasteiger partial charge in [0.2, 0.25) is 0 Å². The fourth-order valence-corrected chi connectivity index (χ4v) is 2.30. The highest BCUT2D eigenvalue weighted by Crippen LogP contribution is 2.27. The monoisotopic (exact) mass is 274 g/mol. The van der Waals surface area contributed by atoms with Gasteiger partial charge >= 0.3 is 0 Å². The van der Waals surface area contributed by atoms with Crippen LogP contribution >= 0.6 is 11.6 Å². The van der Waals surface area contributed by atoms with Gasteiger partial charge in [0, 0.05) is 20.1 Å². The van der Waals surface area contributed by atoms with Gasteiger partial charge in [0.1, 0.15) is 0 Å². The van der Waals surface area contributed by atoms with E-state index in [0.29, 0.717) is 18.1 Å². The van der Waals surface area contributed by atoms with Crippen molar-refractivity contribution in [3.05, 3.63) is 16.4 Å². The van der Waals surface area contributed by atoms with Crippen LogP contribution in [0.3, 0.4) is 0 Å². The minimum absolute atomic E-state index is 0.445. The number of aliphatic hydroxyl groups excluding tert-OH is 1. The molecule has 104 valence electrons. The van der Waals surface area contributed by atoms with Crippen molar-refractivity contribution in [2.45, 2.75) is 52.2 Å². The van der Waals surface area contributed by atoms with Gasteiger partial charge in [-0.1, -0.05) is 18.5 Å². The molecule has 2 atom stereocenters. The fraction of sp³-hybridized carbons (Fsp3) is 0.769. The van der Waals surface area contributed by atoms with Crippen LogP contribution < -0.4 is 0 Å². The van der Waals surface area contributed by atoms with Gasteiger partial charge in [0.05, 0.1) is 28.1 Å². The Bertz CT molecular complexity index is 406. The van der Waals surface area contributed by atoms with E-state index in [1.165, 1.54) is 0 Å². The SMILES string of the molecule is CCOC(C)(CC)C(O)Cc1c(Cl)c(C)nn1C. The summed E-state index contributed by atoms with van der Waals surface area (Å²) < 4.78 is 7.40. The summed E-state index contributed by atoms with van der Waals surface area (Å²) in [6.45, 7) is 8.31. The molecular weight excluding hydrogens is 252 g/mol. The molecule has 0 aliphatic carbocycles. The summed E-state index contributed by atoms with van der Waals surface area (Å²) in [5, 5.41) is 15.3. The normalized spacial score (nSPS) is 16.6. The highest BCUT2D eigenvalue weighted by atomic mass is 35.5. The third-order valence-corrected chi connectivity index (χ3v) is 4.02. The summed E-state index contributed by atoms with van der Waals surface area (Å²) in [7, 11) is 1.84. The predicted molar refractivity (Wildman–Crippen MR) is 73.0 cm³/mol. The second-order valence-electron chi connectivity index (χ2n) is 4.79. The standard InChI is InChI=1S/C13H23ClN2O2/c1-6-13(4,18-7-2)11(17)8-10-12(14)9(3)15-16(10)5/h11,17H,6-8H2,1-5H3. The van der Waals surface area contributed by atoms with E-state index in [4.69, 9.17) is 16.3 Å². The predicted octanol–water partition coefficient (Wildman–Crippen LogP) is 2.49. The number of aliphatic hydroxyl groups is 1. The highest BCUT2D eigenvalue weighted by Gasteiger charge is 2.33. The van der Waals surface area contributed by atoms with Gasteiger partial charge in [-0.3, -0.25) is 4.68 Å². The van der Waals surface area contributed by atoms with Crippen LogP contribution in [0.15, 0.2) is 0 Å². The minimum Gasteiger partial charge on any atom is -0.390 e. The number of aryl methyl sites for hydroxylation is 2. The van der Waals surface area contributed by atoms with Crippen LogP contribution in [0.4, 0.5) is 0 Å². The van der Waals surface area contributed by atoms with Gasteiger partial charge in [-0.25, -0.2) is 0 Å². The summed E-state index contributed by atoms with van der Waals surface area (Å²) in [6, 6.07) is 0. The third kappa shape index (κ3) is 3.05. The van der Waals surface area contributed by atoms with Crippen molar-refractivity contribution in [3.8, 4) is 0 Å². The van der Waals surface area contributed by atoms with E-state index in [2.05, 4.69) is 5.10 Å². The number of hydrogen-bond donors (Lipinski definition) is 1. The molecule has 1 rings (SSSR count). The number of halogens is 1. The maximum Gasteiger partial charge on any atom is 0.0913 e. The van der Waals surface area contributed by atoms with E-state index >= 15 is 0 Å². The van der Waals surface area contributed by atoms with E-state index in [0.717, 1.165) is 17.8 Å². The Kier molecular flexibility index (Phi) is 5.20. The average molecular weight is 275 g/mol. The van der Waals surface area contributed by atoms with Gasteiger partial charge < -0.3 is 9.84 Å². The smallest absolute Gasteiger partial charge is 0.0913 e. The molecule has 0 radical (unpaired) electrons. The molecule has 1 aromatic rings. The summed E-state index contributed by atoms with van der Waals surface area (Å²) >= 11 is 6.19. The number of rotatable bonds is 6. The Morgan fingerprint density at radius 2 is 2.11 bits per heavy atom. The Morgan fingerprint density at radius 1 is 1.50 bits per heavy atom. The molecule has 5 heteroatoms. The van der Waals surface area contributed by atoms with Crippen LogP contribution in [-0.2, 0) is 18.2 Å². The quantitative estimate of drug-likeness (QED) is 0.867. The largest absolute Gasteiger partial charge is 0.390 e.